The van der Waals surface area contributed by atoms with Gasteiger partial charge in [0.2, 0.25) is 0 Å². The summed E-state index contributed by atoms with van der Waals surface area (Å²) in [5.41, 5.74) is 1.40. The Labute approximate surface area is 142 Å². The van der Waals surface area contributed by atoms with Crippen molar-refractivity contribution in [3.05, 3.63) is 64.5 Å². The maximum atomic E-state index is 11.7. The molecule has 0 aliphatic rings. The Morgan fingerprint density at radius 1 is 1.17 bits per heavy atom. The molecule has 6 nitrogen and oxygen atoms in total. The van der Waals surface area contributed by atoms with Crippen LogP contribution in [0.3, 0.4) is 0 Å². The van der Waals surface area contributed by atoms with E-state index < -0.39 is 5.97 Å². The van der Waals surface area contributed by atoms with Crippen LogP contribution >= 0.6 is 11.3 Å². The number of rotatable bonds is 6. The van der Waals surface area contributed by atoms with Gasteiger partial charge in [0.1, 0.15) is 18.8 Å². The fourth-order valence-corrected chi connectivity index (χ4v) is 2.61. The minimum atomic E-state index is -0.538. The second-order valence-corrected chi connectivity index (χ2v) is 5.82. The molecule has 122 valence electrons. The van der Waals surface area contributed by atoms with Crippen LogP contribution in [-0.2, 0) is 16.1 Å². The topological polar surface area (TPSA) is 81.4 Å². The van der Waals surface area contributed by atoms with Crippen LogP contribution in [-0.4, -0.2) is 23.6 Å². The van der Waals surface area contributed by atoms with E-state index in [0.717, 1.165) is 5.56 Å². The highest BCUT2D eigenvalue weighted by molar-refractivity contribution is 7.12. The van der Waals surface area contributed by atoms with Crippen LogP contribution in [0.1, 0.15) is 15.4 Å². The zero-order valence-corrected chi connectivity index (χ0v) is 13.4. The van der Waals surface area contributed by atoms with Crippen LogP contribution in [0, 0.1) is 0 Å². The van der Waals surface area contributed by atoms with Gasteiger partial charge in [0, 0.05) is 11.6 Å². The average molecular weight is 342 g/mol. The van der Waals surface area contributed by atoms with E-state index in [9.17, 15) is 9.59 Å². The standard InChI is InChI=1S/C17H14N2O4S/c20-16(10-18-17(21)15-7-4-8-24-15)22-11-13-9-14(23-19-13)12-5-2-1-3-6-12/h1-9H,10-11H2,(H,18,21). The van der Waals surface area contributed by atoms with Crippen molar-refractivity contribution < 1.29 is 18.8 Å². The largest absolute Gasteiger partial charge is 0.458 e. The molecule has 0 atom stereocenters. The minimum Gasteiger partial charge on any atom is -0.458 e. The highest BCUT2D eigenvalue weighted by atomic mass is 32.1. The second kappa shape index (κ2) is 7.56. The van der Waals surface area contributed by atoms with Crippen molar-refractivity contribution in [3.8, 4) is 11.3 Å². The first-order chi connectivity index (χ1) is 11.7. The molecular weight excluding hydrogens is 328 g/mol. The first kappa shape index (κ1) is 15.9. The van der Waals surface area contributed by atoms with Gasteiger partial charge in [0.15, 0.2) is 5.76 Å². The fourth-order valence-electron chi connectivity index (χ4n) is 1.97. The molecule has 2 aromatic heterocycles. The predicted molar refractivity (Wildman–Crippen MR) is 88.4 cm³/mol. The number of nitrogens with zero attached hydrogens (tertiary/aromatic N) is 1. The number of carbonyl (C=O) groups is 2. The van der Waals surface area contributed by atoms with Crippen LogP contribution < -0.4 is 5.32 Å². The van der Waals surface area contributed by atoms with E-state index in [1.807, 2.05) is 30.3 Å². The second-order valence-electron chi connectivity index (χ2n) is 4.87. The number of aromatic nitrogens is 1. The van der Waals surface area contributed by atoms with E-state index in [-0.39, 0.29) is 19.1 Å². The molecule has 24 heavy (non-hydrogen) atoms. The molecule has 2 heterocycles. The first-order valence-electron chi connectivity index (χ1n) is 7.21. The maximum Gasteiger partial charge on any atom is 0.325 e. The molecule has 0 bridgehead atoms. The third-order valence-electron chi connectivity index (χ3n) is 3.14. The van der Waals surface area contributed by atoms with Gasteiger partial charge in [0.25, 0.3) is 5.91 Å². The van der Waals surface area contributed by atoms with Gasteiger partial charge in [-0.1, -0.05) is 41.6 Å². The number of nitrogens with one attached hydrogen (secondary N) is 1. The van der Waals surface area contributed by atoms with Gasteiger partial charge in [0.05, 0.1) is 4.88 Å². The molecule has 1 amide bonds. The van der Waals surface area contributed by atoms with Gasteiger partial charge < -0.3 is 14.6 Å². The van der Waals surface area contributed by atoms with Gasteiger partial charge in [-0.3, -0.25) is 9.59 Å². The van der Waals surface area contributed by atoms with Gasteiger partial charge in [-0.15, -0.1) is 11.3 Å². The van der Waals surface area contributed by atoms with E-state index in [2.05, 4.69) is 10.5 Å². The lowest BCUT2D eigenvalue weighted by atomic mass is 10.2. The summed E-state index contributed by atoms with van der Waals surface area (Å²) in [6.07, 6.45) is 0. The van der Waals surface area contributed by atoms with E-state index in [1.165, 1.54) is 11.3 Å². The molecule has 0 unspecified atom stereocenters. The molecule has 0 spiro atoms. The Morgan fingerprint density at radius 3 is 2.75 bits per heavy atom. The first-order valence-corrected chi connectivity index (χ1v) is 8.08. The number of esters is 1. The molecule has 1 N–H and O–H groups in total. The summed E-state index contributed by atoms with van der Waals surface area (Å²) in [6.45, 7) is -0.204. The summed E-state index contributed by atoms with van der Waals surface area (Å²) in [7, 11) is 0. The van der Waals surface area contributed by atoms with E-state index in [0.29, 0.717) is 16.3 Å². The molecule has 7 heteroatoms. The summed E-state index contributed by atoms with van der Waals surface area (Å²) in [5.74, 6) is -0.230. The minimum absolute atomic E-state index is 0.00988. The molecule has 0 aliphatic heterocycles. The Morgan fingerprint density at radius 2 is 2.00 bits per heavy atom. The predicted octanol–water partition coefficient (Wildman–Crippen LogP) is 2.88. The smallest absolute Gasteiger partial charge is 0.325 e. The highest BCUT2D eigenvalue weighted by Crippen LogP contribution is 2.19. The van der Waals surface area contributed by atoms with Crippen LogP contribution in [0.4, 0.5) is 0 Å². The maximum absolute atomic E-state index is 11.7. The van der Waals surface area contributed by atoms with Crippen molar-refractivity contribution in [2.24, 2.45) is 0 Å². The number of thiophene rings is 1. The van der Waals surface area contributed by atoms with Crippen molar-refractivity contribution in [1.82, 2.24) is 10.5 Å². The van der Waals surface area contributed by atoms with Gasteiger partial charge >= 0.3 is 5.97 Å². The normalized spacial score (nSPS) is 10.3. The van der Waals surface area contributed by atoms with Crippen molar-refractivity contribution in [2.75, 3.05) is 6.54 Å². The Bertz CT molecular complexity index is 812. The number of ether oxygens (including phenoxy) is 1. The van der Waals surface area contributed by atoms with Gasteiger partial charge in [-0.05, 0) is 11.4 Å². The lowest BCUT2D eigenvalue weighted by Gasteiger charge is -2.03. The molecular formula is C17H14N2O4S. The third kappa shape index (κ3) is 4.08. The lowest BCUT2D eigenvalue weighted by molar-refractivity contribution is -0.143. The summed E-state index contributed by atoms with van der Waals surface area (Å²) >= 11 is 1.31. The zero-order valence-electron chi connectivity index (χ0n) is 12.6. The van der Waals surface area contributed by atoms with Gasteiger partial charge in [-0.25, -0.2) is 0 Å². The monoisotopic (exact) mass is 342 g/mol. The fraction of sp³-hybridized carbons (Fsp3) is 0.118. The number of carbonyl (C=O) groups excluding carboxylic acids is 2. The summed E-state index contributed by atoms with van der Waals surface area (Å²) in [5, 5.41) is 8.16. The Kier molecular flexibility index (Phi) is 5.02. The number of hydrogen-bond donors (Lipinski definition) is 1. The van der Waals surface area contributed by atoms with E-state index in [1.54, 1.807) is 23.6 Å². The molecule has 3 aromatic rings. The lowest BCUT2D eigenvalue weighted by Crippen LogP contribution is -2.30. The van der Waals surface area contributed by atoms with Crippen molar-refractivity contribution in [1.29, 1.82) is 0 Å². The summed E-state index contributed by atoms with van der Waals surface area (Å²) < 4.78 is 10.3. The molecule has 0 saturated carbocycles. The van der Waals surface area contributed by atoms with E-state index in [4.69, 9.17) is 9.26 Å². The van der Waals surface area contributed by atoms with Gasteiger partial charge in [-0.2, -0.15) is 0 Å². The van der Waals surface area contributed by atoms with Crippen LogP contribution in [0.5, 0.6) is 0 Å². The Balaban J connectivity index is 1.46. The number of hydrogen-bond acceptors (Lipinski definition) is 6. The van der Waals surface area contributed by atoms with E-state index >= 15 is 0 Å². The van der Waals surface area contributed by atoms with Crippen molar-refractivity contribution >= 4 is 23.2 Å². The Hall–Kier alpha value is -2.93. The third-order valence-corrected chi connectivity index (χ3v) is 4.01. The van der Waals surface area contributed by atoms with Crippen LogP contribution in [0.25, 0.3) is 11.3 Å². The molecule has 1 aromatic carbocycles. The van der Waals surface area contributed by atoms with Crippen LogP contribution in [0.15, 0.2) is 58.4 Å². The number of benzene rings is 1. The van der Waals surface area contributed by atoms with Crippen LogP contribution in [0.2, 0.25) is 0 Å². The summed E-state index contributed by atoms with van der Waals surface area (Å²) in [6, 6.07) is 14.7. The SMILES string of the molecule is O=C(CNC(=O)c1cccs1)OCc1cc(-c2ccccc2)on1. The van der Waals surface area contributed by atoms with Crippen molar-refractivity contribution in [2.45, 2.75) is 6.61 Å². The number of amides is 1. The highest BCUT2D eigenvalue weighted by Gasteiger charge is 2.11. The molecule has 0 radical (unpaired) electrons. The average Bonchev–Trinajstić information content (AvgIpc) is 3.30. The van der Waals surface area contributed by atoms with Crippen molar-refractivity contribution in [3.63, 3.8) is 0 Å². The quantitative estimate of drug-likeness (QED) is 0.697. The molecule has 0 aliphatic carbocycles. The zero-order chi connectivity index (χ0) is 16.8. The summed E-state index contributed by atoms with van der Waals surface area (Å²) in [4.78, 5) is 23.9. The molecule has 0 saturated heterocycles. The molecule has 0 fully saturated rings. The molecule has 3 rings (SSSR count).